The van der Waals surface area contributed by atoms with Gasteiger partial charge in [-0.25, -0.2) is 0 Å². The minimum absolute atomic E-state index is 0.812. The number of aryl methyl sites for hydroxylation is 1. The Morgan fingerprint density at radius 3 is 2.89 bits per heavy atom. The normalized spacial score (nSPS) is 11.2. The highest BCUT2D eigenvalue weighted by Gasteiger charge is 2.01. The van der Waals surface area contributed by atoms with Crippen LogP contribution in [0.1, 0.15) is 24.7 Å². The maximum atomic E-state index is 5.29. The van der Waals surface area contributed by atoms with E-state index in [1.54, 1.807) is 0 Å². The molecule has 0 spiro atoms. The molecule has 0 bridgehead atoms. The molecule has 4 nitrogen and oxygen atoms in total. The van der Waals surface area contributed by atoms with Crippen LogP contribution in [0.4, 0.5) is 0 Å². The second-order valence-electron chi connectivity index (χ2n) is 4.81. The largest absolute Gasteiger partial charge is 0.382 e. The van der Waals surface area contributed by atoms with Crippen LogP contribution in [0.3, 0.4) is 0 Å². The van der Waals surface area contributed by atoms with Crippen LogP contribution in [0.2, 0.25) is 0 Å². The molecule has 1 rings (SSSR count). The lowest BCUT2D eigenvalue weighted by Gasteiger charge is -2.16. The number of pyridine rings is 1. The summed E-state index contributed by atoms with van der Waals surface area (Å²) < 4.78 is 5.29. The van der Waals surface area contributed by atoms with Crippen molar-refractivity contribution >= 4 is 0 Å². The van der Waals surface area contributed by atoms with Crippen molar-refractivity contribution in [1.82, 2.24) is 15.2 Å². The number of rotatable bonds is 10. The highest BCUT2D eigenvalue weighted by Crippen LogP contribution is 2.01. The van der Waals surface area contributed by atoms with Gasteiger partial charge in [0.25, 0.3) is 0 Å². The molecule has 19 heavy (non-hydrogen) atoms. The molecule has 1 heterocycles. The van der Waals surface area contributed by atoms with Crippen LogP contribution in [0.25, 0.3) is 0 Å². The number of hydrogen-bond donors (Lipinski definition) is 1. The average molecular weight is 265 g/mol. The van der Waals surface area contributed by atoms with Crippen LogP contribution in [0.5, 0.6) is 0 Å². The summed E-state index contributed by atoms with van der Waals surface area (Å²) in [6.07, 6.45) is 1.08. The highest BCUT2D eigenvalue weighted by molar-refractivity contribution is 5.09. The Hall–Kier alpha value is -0.970. The van der Waals surface area contributed by atoms with Crippen molar-refractivity contribution in [2.24, 2.45) is 0 Å². The minimum Gasteiger partial charge on any atom is -0.382 e. The second-order valence-corrected chi connectivity index (χ2v) is 4.81. The van der Waals surface area contributed by atoms with Gasteiger partial charge in [0.05, 0.1) is 5.69 Å². The lowest BCUT2D eigenvalue weighted by molar-refractivity contribution is 0.144. The molecule has 0 radical (unpaired) electrons. The lowest BCUT2D eigenvalue weighted by Crippen LogP contribution is -2.30. The van der Waals surface area contributed by atoms with E-state index in [0.29, 0.717) is 0 Å². The van der Waals surface area contributed by atoms with Crippen LogP contribution >= 0.6 is 0 Å². The maximum Gasteiger partial charge on any atom is 0.0547 e. The summed E-state index contributed by atoms with van der Waals surface area (Å²) in [6.45, 7) is 9.70. The molecule has 4 heteroatoms. The molecule has 1 N–H and O–H groups in total. The zero-order valence-corrected chi connectivity index (χ0v) is 12.5. The van der Waals surface area contributed by atoms with Gasteiger partial charge in [-0.05, 0) is 46.0 Å². The van der Waals surface area contributed by atoms with Crippen molar-refractivity contribution in [3.05, 3.63) is 29.6 Å². The summed E-state index contributed by atoms with van der Waals surface area (Å²) in [6, 6.07) is 6.18. The molecule has 0 aliphatic heterocycles. The number of aromatic nitrogens is 1. The third kappa shape index (κ3) is 7.93. The molecule has 0 saturated heterocycles. The molecule has 0 aliphatic rings. The zero-order valence-electron chi connectivity index (χ0n) is 12.5. The second kappa shape index (κ2) is 9.89. The number of nitrogens with zero attached hydrogens (tertiary/aromatic N) is 2. The van der Waals surface area contributed by atoms with E-state index in [1.807, 2.05) is 19.9 Å². The molecule has 1 aromatic heterocycles. The Morgan fingerprint density at radius 2 is 2.16 bits per heavy atom. The fourth-order valence-electron chi connectivity index (χ4n) is 1.88. The first-order valence-electron chi connectivity index (χ1n) is 7.12. The molecule has 0 aromatic carbocycles. The van der Waals surface area contributed by atoms with Gasteiger partial charge in [-0.3, -0.25) is 9.88 Å². The van der Waals surface area contributed by atoms with Gasteiger partial charge in [0.2, 0.25) is 0 Å². The van der Waals surface area contributed by atoms with E-state index < -0.39 is 0 Å². The molecule has 0 amide bonds. The van der Waals surface area contributed by atoms with Gasteiger partial charge in [-0.1, -0.05) is 6.07 Å². The van der Waals surface area contributed by atoms with Crippen molar-refractivity contribution in [3.63, 3.8) is 0 Å². The van der Waals surface area contributed by atoms with Crippen LogP contribution in [0, 0.1) is 6.92 Å². The lowest BCUT2D eigenvalue weighted by atomic mass is 10.3. The van der Waals surface area contributed by atoms with Crippen molar-refractivity contribution in [3.8, 4) is 0 Å². The monoisotopic (exact) mass is 265 g/mol. The van der Waals surface area contributed by atoms with E-state index in [-0.39, 0.29) is 0 Å². The third-order valence-corrected chi connectivity index (χ3v) is 2.89. The van der Waals surface area contributed by atoms with Gasteiger partial charge >= 0.3 is 0 Å². The molecule has 0 unspecified atom stereocenters. The van der Waals surface area contributed by atoms with Gasteiger partial charge in [-0.2, -0.15) is 0 Å². The molecular weight excluding hydrogens is 238 g/mol. The molecule has 108 valence electrons. The summed E-state index contributed by atoms with van der Waals surface area (Å²) in [4.78, 5) is 6.80. The molecular formula is C15H27N3O. The Bertz CT molecular complexity index is 344. The van der Waals surface area contributed by atoms with E-state index >= 15 is 0 Å². The fourth-order valence-corrected chi connectivity index (χ4v) is 1.88. The summed E-state index contributed by atoms with van der Waals surface area (Å²) in [5, 5.41) is 3.43. The Labute approximate surface area is 117 Å². The van der Waals surface area contributed by atoms with E-state index in [1.165, 1.54) is 0 Å². The topological polar surface area (TPSA) is 37.4 Å². The standard InChI is InChI=1S/C15H27N3O/c1-4-19-12-6-9-16-10-11-18(3)13-15-8-5-7-14(2)17-15/h5,7-8,16H,4,6,9-13H2,1-3H3. The molecule has 0 saturated carbocycles. The Balaban J connectivity index is 2.06. The van der Waals surface area contributed by atoms with E-state index in [2.05, 4.69) is 34.4 Å². The number of likely N-dealkylation sites (N-methyl/N-ethyl adjacent to an activating group) is 1. The Morgan fingerprint density at radius 1 is 1.32 bits per heavy atom. The van der Waals surface area contributed by atoms with Crippen molar-refractivity contribution in [2.45, 2.75) is 26.8 Å². The number of nitrogens with one attached hydrogen (secondary N) is 1. The predicted octanol–water partition coefficient (Wildman–Crippen LogP) is 1.84. The molecule has 0 aliphatic carbocycles. The molecule has 0 atom stereocenters. The van der Waals surface area contributed by atoms with Crippen LogP contribution in [0.15, 0.2) is 18.2 Å². The van der Waals surface area contributed by atoms with E-state index in [0.717, 1.165) is 57.2 Å². The van der Waals surface area contributed by atoms with Crippen LogP contribution < -0.4 is 5.32 Å². The van der Waals surface area contributed by atoms with Crippen molar-refractivity contribution in [1.29, 1.82) is 0 Å². The summed E-state index contributed by atoms with van der Waals surface area (Å²) >= 11 is 0. The predicted molar refractivity (Wildman–Crippen MR) is 79.3 cm³/mol. The number of hydrogen-bond acceptors (Lipinski definition) is 4. The summed E-state index contributed by atoms with van der Waals surface area (Å²) in [5.41, 5.74) is 2.22. The van der Waals surface area contributed by atoms with Crippen molar-refractivity contribution < 1.29 is 4.74 Å². The molecule has 0 fully saturated rings. The average Bonchev–Trinajstić information content (AvgIpc) is 2.37. The van der Waals surface area contributed by atoms with E-state index in [9.17, 15) is 0 Å². The van der Waals surface area contributed by atoms with Gasteiger partial charge in [0.1, 0.15) is 0 Å². The first-order chi connectivity index (χ1) is 9.22. The summed E-state index contributed by atoms with van der Waals surface area (Å²) in [7, 11) is 2.13. The highest BCUT2D eigenvalue weighted by atomic mass is 16.5. The first kappa shape index (κ1) is 16.1. The SMILES string of the molecule is CCOCCCNCCN(C)Cc1cccc(C)n1. The smallest absolute Gasteiger partial charge is 0.0547 e. The number of ether oxygens (including phenoxy) is 1. The quantitative estimate of drug-likeness (QED) is 0.655. The summed E-state index contributed by atoms with van der Waals surface area (Å²) in [5.74, 6) is 0. The van der Waals surface area contributed by atoms with Gasteiger partial charge in [0, 0.05) is 38.5 Å². The van der Waals surface area contributed by atoms with E-state index in [4.69, 9.17) is 4.74 Å². The third-order valence-electron chi connectivity index (χ3n) is 2.89. The van der Waals surface area contributed by atoms with Gasteiger partial charge in [0.15, 0.2) is 0 Å². The van der Waals surface area contributed by atoms with Crippen molar-refractivity contribution in [2.75, 3.05) is 39.9 Å². The first-order valence-corrected chi connectivity index (χ1v) is 7.12. The minimum atomic E-state index is 0.812. The zero-order chi connectivity index (χ0) is 13.9. The Kier molecular flexibility index (Phi) is 8.38. The van der Waals surface area contributed by atoms with Crippen LogP contribution in [-0.4, -0.2) is 49.8 Å². The van der Waals surface area contributed by atoms with Gasteiger partial charge in [-0.15, -0.1) is 0 Å². The van der Waals surface area contributed by atoms with Crippen LogP contribution in [-0.2, 0) is 11.3 Å². The molecule has 1 aromatic rings. The fraction of sp³-hybridized carbons (Fsp3) is 0.667. The van der Waals surface area contributed by atoms with Gasteiger partial charge < -0.3 is 10.1 Å². The maximum absolute atomic E-state index is 5.29.